The SMILES string of the molecule is C#CCCCN1C(=O)C(=O)c2cccc(F)c21. The molecule has 1 heterocycles. The molecule has 0 fully saturated rings. The van der Waals surface area contributed by atoms with Crippen molar-refractivity contribution in [3.63, 3.8) is 0 Å². The number of nitrogens with zero attached hydrogens (tertiary/aromatic N) is 1. The van der Waals surface area contributed by atoms with Crippen LogP contribution in [0.1, 0.15) is 23.2 Å². The summed E-state index contributed by atoms with van der Waals surface area (Å²) in [6, 6.07) is 4.11. The lowest BCUT2D eigenvalue weighted by Gasteiger charge is -2.15. The van der Waals surface area contributed by atoms with E-state index >= 15 is 0 Å². The molecular weight excluding hydrogens is 221 g/mol. The molecule has 0 saturated carbocycles. The first kappa shape index (κ1) is 11.3. The van der Waals surface area contributed by atoms with Crippen molar-refractivity contribution in [3.8, 4) is 12.3 Å². The smallest absolute Gasteiger partial charge is 0.299 e. The molecule has 1 aromatic carbocycles. The van der Waals surface area contributed by atoms with Crippen LogP contribution in [-0.4, -0.2) is 18.2 Å². The number of Topliss-reactive ketones (excluding diaryl/α,β-unsaturated/α-hetero) is 1. The van der Waals surface area contributed by atoms with Gasteiger partial charge in [0.2, 0.25) is 0 Å². The van der Waals surface area contributed by atoms with Crippen LogP contribution >= 0.6 is 0 Å². The van der Waals surface area contributed by atoms with E-state index in [1.54, 1.807) is 0 Å². The van der Waals surface area contributed by atoms with Crippen molar-refractivity contribution in [1.29, 1.82) is 0 Å². The normalized spacial score (nSPS) is 13.8. The number of benzene rings is 1. The van der Waals surface area contributed by atoms with E-state index in [-0.39, 0.29) is 17.8 Å². The van der Waals surface area contributed by atoms with Gasteiger partial charge in [0.25, 0.3) is 11.7 Å². The molecule has 1 amide bonds. The standard InChI is InChI=1S/C13H10FNO2/c1-2-3-4-8-15-11-9(12(16)13(15)17)6-5-7-10(11)14/h1,5-7H,3-4,8H2. The molecule has 0 unspecified atom stereocenters. The lowest BCUT2D eigenvalue weighted by Crippen LogP contribution is -2.31. The van der Waals surface area contributed by atoms with Gasteiger partial charge in [0.15, 0.2) is 0 Å². The Balaban J connectivity index is 2.34. The Bertz CT molecular complexity index is 531. The van der Waals surface area contributed by atoms with Gasteiger partial charge in [-0.15, -0.1) is 12.3 Å². The van der Waals surface area contributed by atoms with Crippen molar-refractivity contribution in [2.24, 2.45) is 0 Å². The third-order valence-electron chi connectivity index (χ3n) is 2.64. The van der Waals surface area contributed by atoms with Gasteiger partial charge in [-0.3, -0.25) is 9.59 Å². The van der Waals surface area contributed by atoms with E-state index in [1.165, 1.54) is 23.1 Å². The van der Waals surface area contributed by atoms with E-state index in [0.29, 0.717) is 12.8 Å². The maximum absolute atomic E-state index is 13.6. The van der Waals surface area contributed by atoms with Crippen molar-refractivity contribution < 1.29 is 14.0 Å². The number of hydrogen-bond acceptors (Lipinski definition) is 2. The third kappa shape index (κ3) is 1.80. The first-order valence-corrected chi connectivity index (χ1v) is 5.25. The number of amides is 1. The quantitative estimate of drug-likeness (QED) is 0.451. The topological polar surface area (TPSA) is 37.4 Å². The molecule has 4 heteroatoms. The molecule has 3 nitrogen and oxygen atoms in total. The zero-order valence-electron chi connectivity index (χ0n) is 9.07. The van der Waals surface area contributed by atoms with Crippen molar-refractivity contribution in [3.05, 3.63) is 29.6 Å². The number of halogens is 1. The Labute approximate surface area is 98.2 Å². The molecule has 0 bridgehead atoms. The van der Waals surface area contributed by atoms with Gasteiger partial charge in [0.05, 0.1) is 11.3 Å². The molecule has 86 valence electrons. The lowest BCUT2D eigenvalue weighted by atomic mass is 10.1. The van der Waals surface area contributed by atoms with Gasteiger partial charge in [0, 0.05) is 13.0 Å². The number of para-hydroxylation sites is 1. The Morgan fingerprint density at radius 1 is 1.35 bits per heavy atom. The second-order valence-electron chi connectivity index (χ2n) is 3.73. The van der Waals surface area contributed by atoms with E-state index in [2.05, 4.69) is 5.92 Å². The summed E-state index contributed by atoms with van der Waals surface area (Å²) in [4.78, 5) is 24.4. The highest BCUT2D eigenvalue weighted by Crippen LogP contribution is 2.31. The van der Waals surface area contributed by atoms with Crippen LogP contribution in [0.5, 0.6) is 0 Å². The Morgan fingerprint density at radius 3 is 2.82 bits per heavy atom. The van der Waals surface area contributed by atoms with Crippen LogP contribution in [0.2, 0.25) is 0 Å². The molecule has 0 atom stereocenters. The molecule has 1 aliphatic heterocycles. The molecule has 0 saturated heterocycles. The Morgan fingerprint density at radius 2 is 2.12 bits per heavy atom. The van der Waals surface area contributed by atoms with Crippen LogP contribution in [0, 0.1) is 18.2 Å². The first-order valence-electron chi connectivity index (χ1n) is 5.25. The van der Waals surface area contributed by atoms with E-state index < -0.39 is 17.5 Å². The number of carbonyl (C=O) groups excluding carboxylic acids is 2. The predicted octanol–water partition coefficient (Wildman–Crippen LogP) is 1.77. The van der Waals surface area contributed by atoms with Crippen LogP contribution in [0.3, 0.4) is 0 Å². The average Bonchev–Trinajstić information content (AvgIpc) is 2.56. The molecule has 0 N–H and O–H groups in total. The highest BCUT2D eigenvalue weighted by atomic mass is 19.1. The molecular formula is C13H10FNO2. The second-order valence-corrected chi connectivity index (χ2v) is 3.73. The van der Waals surface area contributed by atoms with Crippen LogP contribution in [-0.2, 0) is 4.79 Å². The van der Waals surface area contributed by atoms with Crippen molar-refractivity contribution >= 4 is 17.4 Å². The monoisotopic (exact) mass is 231 g/mol. The number of carbonyl (C=O) groups is 2. The summed E-state index contributed by atoms with van der Waals surface area (Å²) in [5.74, 6) is 0.555. The molecule has 0 radical (unpaired) electrons. The minimum absolute atomic E-state index is 0.0829. The minimum Gasteiger partial charge on any atom is -0.302 e. The van der Waals surface area contributed by atoms with E-state index in [9.17, 15) is 14.0 Å². The number of anilines is 1. The zero-order valence-corrected chi connectivity index (χ0v) is 9.07. The summed E-state index contributed by atoms with van der Waals surface area (Å²) in [6.07, 6.45) is 6.14. The Hall–Kier alpha value is -2.15. The lowest BCUT2D eigenvalue weighted by molar-refractivity contribution is -0.114. The third-order valence-corrected chi connectivity index (χ3v) is 2.64. The van der Waals surface area contributed by atoms with Gasteiger partial charge in [-0.25, -0.2) is 4.39 Å². The fraction of sp³-hybridized carbons (Fsp3) is 0.231. The van der Waals surface area contributed by atoms with Crippen LogP contribution < -0.4 is 4.90 Å². The van der Waals surface area contributed by atoms with Crippen LogP contribution in [0.15, 0.2) is 18.2 Å². The van der Waals surface area contributed by atoms with Gasteiger partial charge in [0.1, 0.15) is 5.82 Å². The fourth-order valence-electron chi connectivity index (χ4n) is 1.86. The number of unbranched alkanes of at least 4 members (excludes halogenated alkanes) is 1. The number of hydrogen-bond donors (Lipinski definition) is 0. The number of terminal acetylenes is 1. The summed E-state index contributed by atoms with van der Waals surface area (Å²) in [5.41, 5.74) is 0.218. The molecule has 17 heavy (non-hydrogen) atoms. The maximum atomic E-state index is 13.6. The molecule has 1 aliphatic rings. The summed E-state index contributed by atoms with van der Waals surface area (Å²) >= 11 is 0. The largest absolute Gasteiger partial charge is 0.302 e. The summed E-state index contributed by atoms with van der Waals surface area (Å²) in [7, 11) is 0. The second kappa shape index (κ2) is 4.38. The van der Waals surface area contributed by atoms with Gasteiger partial charge in [-0.05, 0) is 18.6 Å². The molecule has 0 aromatic heterocycles. The predicted molar refractivity (Wildman–Crippen MR) is 61.2 cm³/mol. The minimum atomic E-state index is -0.679. The Kier molecular flexibility index (Phi) is 2.92. The highest BCUT2D eigenvalue weighted by molar-refractivity contribution is 6.52. The van der Waals surface area contributed by atoms with Gasteiger partial charge in [-0.2, -0.15) is 0 Å². The van der Waals surface area contributed by atoms with Crippen LogP contribution in [0.25, 0.3) is 0 Å². The summed E-state index contributed by atoms with van der Waals surface area (Å²) in [6.45, 7) is 0.267. The summed E-state index contributed by atoms with van der Waals surface area (Å²) in [5, 5.41) is 0. The van der Waals surface area contributed by atoms with E-state index in [0.717, 1.165) is 0 Å². The average molecular weight is 231 g/mol. The van der Waals surface area contributed by atoms with Gasteiger partial charge >= 0.3 is 0 Å². The molecule has 0 aliphatic carbocycles. The maximum Gasteiger partial charge on any atom is 0.299 e. The van der Waals surface area contributed by atoms with Crippen molar-refractivity contribution in [2.75, 3.05) is 11.4 Å². The van der Waals surface area contributed by atoms with Crippen molar-refractivity contribution in [2.45, 2.75) is 12.8 Å². The first-order chi connectivity index (χ1) is 8.16. The number of rotatable bonds is 3. The van der Waals surface area contributed by atoms with Gasteiger partial charge in [-0.1, -0.05) is 6.07 Å². The van der Waals surface area contributed by atoms with Gasteiger partial charge < -0.3 is 4.90 Å². The summed E-state index contributed by atoms with van der Waals surface area (Å²) < 4.78 is 13.6. The fourth-order valence-corrected chi connectivity index (χ4v) is 1.86. The molecule has 1 aromatic rings. The highest BCUT2D eigenvalue weighted by Gasteiger charge is 2.37. The number of ketones is 1. The molecule has 0 spiro atoms. The van der Waals surface area contributed by atoms with Crippen molar-refractivity contribution in [1.82, 2.24) is 0 Å². The zero-order chi connectivity index (χ0) is 12.4. The van der Waals surface area contributed by atoms with E-state index in [1.807, 2.05) is 0 Å². The number of fused-ring (bicyclic) bond motifs is 1. The van der Waals surface area contributed by atoms with E-state index in [4.69, 9.17) is 6.42 Å². The molecule has 2 rings (SSSR count). The van der Waals surface area contributed by atoms with Crippen LogP contribution in [0.4, 0.5) is 10.1 Å².